The van der Waals surface area contributed by atoms with Crippen molar-refractivity contribution >= 4 is 23.8 Å². The van der Waals surface area contributed by atoms with Crippen molar-refractivity contribution in [2.24, 2.45) is 0 Å². The number of aliphatic hydroxyl groups excluding tert-OH is 2. The Morgan fingerprint density at radius 3 is 2.42 bits per heavy atom. The first kappa shape index (κ1) is 16.1. The van der Waals surface area contributed by atoms with E-state index in [-0.39, 0.29) is 44.8 Å². The monoisotopic (exact) mass is 292 g/mol. The van der Waals surface area contributed by atoms with Gasteiger partial charge < -0.3 is 25.1 Å². The van der Waals surface area contributed by atoms with Crippen LogP contribution in [-0.2, 0) is 4.79 Å². The fourth-order valence-electron chi connectivity index (χ4n) is 2.00. The highest BCUT2D eigenvalue weighted by Gasteiger charge is 2.31. The minimum absolute atomic E-state index is 0.0785. The molecular formula is C11H20N2O5S. The molecule has 0 aromatic carbocycles. The van der Waals surface area contributed by atoms with Crippen LogP contribution in [0.15, 0.2) is 0 Å². The molecule has 0 spiro atoms. The normalized spacial score (nSPS) is 19.3. The van der Waals surface area contributed by atoms with E-state index < -0.39 is 5.97 Å². The zero-order chi connectivity index (χ0) is 14.3. The van der Waals surface area contributed by atoms with Gasteiger partial charge in [-0.15, -0.1) is 0 Å². The van der Waals surface area contributed by atoms with Crippen LogP contribution < -0.4 is 0 Å². The number of amides is 2. The highest BCUT2D eigenvalue weighted by atomic mass is 32.2. The van der Waals surface area contributed by atoms with Crippen LogP contribution in [0.2, 0.25) is 0 Å². The summed E-state index contributed by atoms with van der Waals surface area (Å²) < 4.78 is 0. The molecule has 3 N–H and O–H groups in total. The topological polar surface area (TPSA) is 101 Å². The zero-order valence-electron chi connectivity index (χ0n) is 10.7. The van der Waals surface area contributed by atoms with Gasteiger partial charge in [0.15, 0.2) is 0 Å². The van der Waals surface area contributed by atoms with E-state index in [4.69, 9.17) is 15.3 Å². The number of carboxylic acid groups (broad SMARTS) is 1. The standard InChI is InChI=1S/C11H20N2O5S/c14-4-1-12(2-5-15)11(18)13-3-6-19-8-9(13)7-10(16)17/h9,14-15H,1-8H2,(H,16,17). The van der Waals surface area contributed by atoms with E-state index in [0.29, 0.717) is 12.3 Å². The lowest BCUT2D eigenvalue weighted by molar-refractivity contribution is -0.138. The maximum absolute atomic E-state index is 12.3. The second-order valence-corrected chi connectivity index (χ2v) is 5.39. The number of urea groups is 1. The van der Waals surface area contributed by atoms with Gasteiger partial charge in [0.05, 0.1) is 25.7 Å². The molecule has 0 bridgehead atoms. The van der Waals surface area contributed by atoms with Crippen molar-refractivity contribution < 1.29 is 24.9 Å². The minimum atomic E-state index is -0.929. The summed E-state index contributed by atoms with van der Waals surface area (Å²) in [6.45, 7) is 0.413. The van der Waals surface area contributed by atoms with Gasteiger partial charge in [0.2, 0.25) is 0 Å². The van der Waals surface area contributed by atoms with E-state index in [0.717, 1.165) is 5.75 Å². The molecule has 0 aliphatic carbocycles. The third-order valence-corrected chi connectivity index (χ3v) is 3.99. The Balaban J connectivity index is 2.70. The number of carbonyl (C=O) groups is 2. The molecule has 1 fully saturated rings. The first-order chi connectivity index (χ1) is 9.10. The Kier molecular flexibility index (Phi) is 6.96. The molecule has 0 saturated carbocycles. The third kappa shape index (κ3) is 4.88. The number of hydrogen-bond donors (Lipinski definition) is 3. The molecule has 2 amide bonds. The number of carbonyl (C=O) groups excluding carboxylic acids is 1. The molecule has 7 nitrogen and oxygen atoms in total. The first-order valence-electron chi connectivity index (χ1n) is 6.17. The molecular weight excluding hydrogens is 272 g/mol. The molecule has 110 valence electrons. The van der Waals surface area contributed by atoms with Crippen molar-refractivity contribution in [1.29, 1.82) is 0 Å². The molecule has 0 radical (unpaired) electrons. The average molecular weight is 292 g/mol. The lowest BCUT2D eigenvalue weighted by Gasteiger charge is -2.38. The van der Waals surface area contributed by atoms with Crippen LogP contribution in [0.4, 0.5) is 4.79 Å². The van der Waals surface area contributed by atoms with Crippen LogP contribution in [0.5, 0.6) is 0 Å². The zero-order valence-corrected chi connectivity index (χ0v) is 11.5. The quantitative estimate of drug-likeness (QED) is 0.597. The Bertz CT molecular complexity index is 309. The second-order valence-electron chi connectivity index (χ2n) is 4.24. The predicted molar refractivity (Wildman–Crippen MR) is 71.2 cm³/mol. The van der Waals surface area contributed by atoms with Gasteiger partial charge >= 0.3 is 12.0 Å². The minimum Gasteiger partial charge on any atom is -0.481 e. The van der Waals surface area contributed by atoms with E-state index in [1.54, 1.807) is 11.8 Å². The Hall–Kier alpha value is -0.990. The van der Waals surface area contributed by atoms with Gasteiger partial charge in [-0.3, -0.25) is 4.79 Å². The van der Waals surface area contributed by atoms with Gasteiger partial charge in [0.1, 0.15) is 0 Å². The van der Waals surface area contributed by atoms with Gasteiger partial charge in [-0.2, -0.15) is 11.8 Å². The molecule has 1 saturated heterocycles. The summed E-state index contributed by atoms with van der Waals surface area (Å²) in [5, 5.41) is 26.7. The van der Waals surface area contributed by atoms with Crippen LogP contribution in [0.1, 0.15) is 6.42 Å². The van der Waals surface area contributed by atoms with Crippen LogP contribution in [0.3, 0.4) is 0 Å². The first-order valence-corrected chi connectivity index (χ1v) is 7.32. The molecule has 1 aliphatic rings. The fourth-order valence-corrected chi connectivity index (χ4v) is 3.07. The molecule has 0 aromatic rings. The van der Waals surface area contributed by atoms with Crippen molar-refractivity contribution in [1.82, 2.24) is 9.80 Å². The number of hydrogen-bond acceptors (Lipinski definition) is 5. The van der Waals surface area contributed by atoms with E-state index >= 15 is 0 Å². The second kappa shape index (κ2) is 8.23. The van der Waals surface area contributed by atoms with Gasteiger partial charge in [-0.05, 0) is 0 Å². The number of aliphatic carboxylic acids is 1. The molecule has 1 heterocycles. The smallest absolute Gasteiger partial charge is 0.320 e. The molecule has 19 heavy (non-hydrogen) atoms. The summed E-state index contributed by atoms with van der Waals surface area (Å²) in [4.78, 5) is 26.0. The maximum atomic E-state index is 12.3. The molecule has 8 heteroatoms. The van der Waals surface area contributed by atoms with Crippen molar-refractivity contribution in [3.05, 3.63) is 0 Å². The van der Waals surface area contributed by atoms with E-state index in [1.807, 2.05) is 0 Å². The fraction of sp³-hybridized carbons (Fsp3) is 0.818. The summed E-state index contributed by atoms with van der Waals surface area (Å²) in [5.41, 5.74) is 0. The highest BCUT2D eigenvalue weighted by molar-refractivity contribution is 7.99. The Labute approximate surface area is 116 Å². The summed E-state index contributed by atoms with van der Waals surface area (Å²) in [6.07, 6.45) is -0.0785. The van der Waals surface area contributed by atoms with Gasteiger partial charge in [0, 0.05) is 31.1 Å². The predicted octanol–water partition coefficient (Wildman–Crippen LogP) is -0.715. The van der Waals surface area contributed by atoms with Crippen molar-refractivity contribution in [3.8, 4) is 0 Å². The van der Waals surface area contributed by atoms with Crippen molar-refractivity contribution in [2.45, 2.75) is 12.5 Å². The van der Waals surface area contributed by atoms with Crippen molar-refractivity contribution in [2.75, 3.05) is 44.4 Å². The largest absolute Gasteiger partial charge is 0.481 e. The van der Waals surface area contributed by atoms with Crippen LogP contribution in [-0.4, -0.2) is 87.5 Å². The molecule has 1 aliphatic heterocycles. The third-order valence-electron chi connectivity index (χ3n) is 2.89. The van der Waals surface area contributed by atoms with E-state index in [2.05, 4.69) is 0 Å². The molecule has 0 aromatic heterocycles. The van der Waals surface area contributed by atoms with E-state index in [9.17, 15) is 9.59 Å². The van der Waals surface area contributed by atoms with Gasteiger partial charge in [-0.1, -0.05) is 0 Å². The SMILES string of the molecule is O=C(O)CC1CSCCN1C(=O)N(CCO)CCO. The van der Waals surface area contributed by atoms with Crippen molar-refractivity contribution in [3.63, 3.8) is 0 Å². The van der Waals surface area contributed by atoms with Gasteiger partial charge in [-0.25, -0.2) is 4.79 Å². The number of thioether (sulfide) groups is 1. The summed E-state index contributed by atoms with van der Waals surface area (Å²) >= 11 is 1.63. The lowest BCUT2D eigenvalue weighted by atomic mass is 10.2. The number of rotatable bonds is 6. The summed E-state index contributed by atoms with van der Waals surface area (Å²) in [6, 6.07) is -0.640. The lowest BCUT2D eigenvalue weighted by Crippen LogP contribution is -2.53. The molecule has 1 unspecified atom stereocenters. The molecule has 1 rings (SSSR count). The van der Waals surface area contributed by atoms with E-state index in [1.165, 1.54) is 9.80 Å². The van der Waals surface area contributed by atoms with Gasteiger partial charge in [0.25, 0.3) is 0 Å². The van der Waals surface area contributed by atoms with Crippen LogP contribution in [0.25, 0.3) is 0 Å². The van der Waals surface area contributed by atoms with Crippen LogP contribution >= 0.6 is 11.8 Å². The maximum Gasteiger partial charge on any atom is 0.320 e. The number of carboxylic acids is 1. The van der Waals surface area contributed by atoms with Crippen LogP contribution in [0, 0.1) is 0 Å². The molecule has 1 atom stereocenters. The summed E-state index contributed by atoms with van der Waals surface area (Å²) in [5.74, 6) is 0.444. The summed E-state index contributed by atoms with van der Waals surface area (Å²) in [7, 11) is 0. The Morgan fingerprint density at radius 2 is 1.89 bits per heavy atom. The number of nitrogens with zero attached hydrogens (tertiary/aromatic N) is 2. The average Bonchev–Trinajstić information content (AvgIpc) is 2.38. The Morgan fingerprint density at radius 1 is 1.26 bits per heavy atom. The number of aliphatic hydroxyl groups is 2. The highest BCUT2D eigenvalue weighted by Crippen LogP contribution is 2.20.